The highest BCUT2D eigenvalue weighted by Gasteiger charge is 2.17. The van der Waals surface area contributed by atoms with Crippen LogP contribution in [0.25, 0.3) is 0 Å². The summed E-state index contributed by atoms with van der Waals surface area (Å²) < 4.78 is 5.47. The highest BCUT2D eigenvalue weighted by molar-refractivity contribution is 5.89. The van der Waals surface area contributed by atoms with Crippen molar-refractivity contribution in [3.05, 3.63) is 23.8 Å². The van der Waals surface area contributed by atoms with Gasteiger partial charge in [0.2, 0.25) is 0 Å². The first-order valence-electron chi connectivity index (χ1n) is 6.50. The lowest BCUT2D eigenvalue weighted by Gasteiger charge is -2.17. The van der Waals surface area contributed by atoms with Crippen LogP contribution in [-0.2, 0) is 0 Å². The van der Waals surface area contributed by atoms with Crippen LogP contribution in [0.1, 0.15) is 25.3 Å². The SMILES string of the molecule is CCOc1ccc(NC(=O)N2CCCC2)cc1C. The van der Waals surface area contributed by atoms with Crippen LogP contribution >= 0.6 is 0 Å². The van der Waals surface area contributed by atoms with Gasteiger partial charge in [-0.25, -0.2) is 4.79 Å². The number of aryl methyl sites for hydroxylation is 1. The molecule has 18 heavy (non-hydrogen) atoms. The number of nitrogens with one attached hydrogen (secondary N) is 1. The second-order valence-electron chi connectivity index (χ2n) is 4.54. The molecule has 0 spiro atoms. The lowest BCUT2D eigenvalue weighted by Crippen LogP contribution is -2.32. The van der Waals surface area contributed by atoms with Crippen LogP contribution < -0.4 is 10.1 Å². The summed E-state index contributed by atoms with van der Waals surface area (Å²) in [6, 6.07) is 5.72. The number of carbonyl (C=O) groups is 1. The van der Waals surface area contributed by atoms with E-state index in [-0.39, 0.29) is 6.03 Å². The predicted octanol–water partition coefficient (Wildman–Crippen LogP) is 3.02. The molecule has 0 atom stereocenters. The molecule has 0 aliphatic carbocycles. The summed E-state index contributed by atoms with van der Waals surface area (Å²) >= 11 is 0. The van der Waals surface area contributed by atoms with E-state index in [9.17, 15) is 4.79 Å². The summed E-state index contributed by atoms with van der Waals surface area (Å²) in [6.45, 7) is 6.32. The fraction of sp³-hybridized carbons (Fsp3) is 0.500. The smallest absolute Gasteiger partial charge is 0.321 e. The third-order valence-corrected chi connectivity index (χ3v) is 3.12. The van der Waals surface area contributed by atoms with Gasteiger partial charge in [-0.2, -0.15) is 0 Å². The average Bonchev–Trinajstić information content (AvgIpc) is 2.86. The van der Waals surface area contributed by atoms with Crippen LogP contribution in [0.4, 0.5) is 10.5 Å². The number of rotatable bonds is 3. The molecule has 4 nitrogen and oxygen atoms in total. The highest BCUT2D eigenvalue weighted by atomic mass is 16.5. The van der Waals surface area contributed by atoms with Crippen LogP contribution in [-0.4, -0.2) is 30.6 Å². The van der Waals surface area contributed by atoms with Crippen molar-refractivity contribution in [3.8, 4) is 5.75 Å². The van der Waals surface area contributed by atoms with Crippen molar-refractivity contribution in [1.82, 2.24) is 4.90 Å². The molecule has 1 saturated heterocycles. The molecule has 0 radical (unpaired) electrons. The molecule has 1 fully saturated rings. The topological polar surface area (TPSA) is 41.6 Å². The third kappa shape index (κ3) is 2.94. The summed E-state index contributed by atoms with van der Waals surface area (Å²) in [5.74, 6) is 0.872. The van der Waals surface area contributed by atoms with Crippen molar-refractivity contribution in [2.45, 2.75) is 26.7 Å². The van der Waals surface area contributed by atoms with Gasteiger partial charge in [-0.15, -0.1) is 0 Å². The normalized spacial score (nSPS) is 14.7. The van der Waals surface area contributed by atoms with Gasteiger partial charge in [0.1, 0.15) is 5.75 Å². The van der Waals surface area contributed by atoms with Crippen molar-refractivity contribution in [3.63, 3.8) is 0 Å². The van der Waals surface area contributed by atoms with Crippen LogP contribution in [0.2, 0.25) is 0 Å². The maximum Gasteiger partial charge on any atom is 0.321 e. The third-order valence-electron chi connectivity index (χ3n) is 3.12. The summed E-state index contributed by atoms with van der Waals surface area (Å²) in [5, 5.41) is 2.93. The Morgan fingerprint density at radius 3 is 2.72 bits per heavy atom. The fourth-order valence-corrected chi connectivity index (χ4v) is 2.17. The number of hydrogen-bond donors (Lipinski definition) is 1. The monoisotopic (exact) mass is 248 g/mol. The first-order chi connectivity index (χ1) is 8.70. The van der Waals surface area contributed by atoms with Gasteiger partial charge in [-0.3, -0.25) is 0 Å². The number of urea groups is 1. The lowest BCUT2D eigenvalue weighted by atomic mass is 10.2. The van der Waals surface area contributed by atoms with Gasteiger partial charge in [-0.05, 0) is 50.5 Å². The van der Waals surface area contributed by atoms with E-state index in [1.54, 1.807) is 0 Å². The Bertz CT molecular complexity index is 426. The Morgan fingerprint density at radius 1 is 1.39 bits per heavy atom. The van der Waals surface area contributed by atoms with E-state index in [1.807, 2.05) is 36.9 Å². The van der Waals surface area contributed by atoms with Crippen molar-refractivity contribution in [2.75, 3.05) is 25.0 Å². The second-order valence-corrected chi connectivity index (χ2v) is 4.54. The van der Waals surface area contributed by atoms with Gasteiger partial charge in [-0.1, -0.05) is 0 Å². The molecule has 0 saturated carbocycles. The molecule has 1 aromatic carbocycles. The fourth-order valence-electron chi connectivity index (χ4n) is 2.17. The Labute approximate surface area is 108 Å². The van der Waals surface area contributed by atoms with E-state index in [4.69, 9.17) is 4.74 Å². The quantitative estimate of drug-likeness (QED) is 0.893. The number of amides is 2. The second kappa shape index (κ2) is 5.76. The number of likely N-dealkylation sites (tertiary alicyclic amines) is 1. The van der Waals surface area contributed by atoms with Crippen molar-refractivity contribution in [2.24, 2.45) is 0 Å². The van der Waals surface area contributed by atoms with Gasteiger partial charge >= 0.3 is 6.03 Å². The Hall–Kier alpha value is -1.71. The lowest BCUT2D eigenvalue weighted by molar-refractivity contribution is 0.222. The molecule has 0 unspecified atom stereocenters. The number of anilines is 1. The minimum Gasteiger partial charge on any atom is -0.494 e. The van der Waals surface area contributed by atoms with Crippen LogP contribution in [0.5, 0.6) is 5.75 Å². The summed E-state index contributed by atoms with van der Waals surface area (Å²) in [7, 11) is 0. The standard InChI is InChI=1S/C14H20N2O2/c1-3-18-13-7-6-12(10-11(13)2)15-14(17)16-8-4-5-9-16/h6-7,10H,3-5,8-9H2,1-2H3,(H,15,17). The summed E-state index contributed by atoms with van der Waals surface area (Å²) in [5.41, 5.74) is 1.86. The molecule has 98 valence electrons. The molecule has 2 rings (SSSR count). The Morgan fingerprint density at radius 2 is 2.11 bits per heavy atom. The largest absolute Gasteiger partial charge is 0.494 e. The van der Waals surface area contributed by atoms with E-state index in [1.165, 1.54) is 0 Å². The van der Waals surface area contributed by atoms with Crippen LogP contribution in [0.3, 0.4) is 0 Å². The van der Waals surface area contributed by atoms with Gasteiger partial charge in [0.15, 0.2) is 0 Å². The number of carbonyl (C=O) groups excluding carboxylic acids is 1. The molecule has 1 N–H and O–H groups in total. The van der Waals surface area contributed by atoms with Gasteiger partial charge < -0.3 is 15.0 Å². The zero-order chi connectivity index (χ0) is 13.0. The van der Waals surface area contributed by atoms with Crippen LogP contribution in [0.15, 0.2) is 18.2 Å². The average molecular weight is 248 g/mol. The van der Waals surface area contributed by atoms with Crippen LogP contribution in [0, 0.1) is 6.92 Å². The van der Waals surface area contributed by atoms with E-state index in [0.29, 0.717) is 6.61 Å². The molecule has 0 bridgehead atoms. The highest BCUT2D eigenvalue weighted by Crippen LogP contribution is 2.22. The first kappa shape index (κ1) is 12.7. The van der Waals surface area contributed by atoms with Gasteiger partial charge in [0, 0.05) is 18.8 Å². The molecule has 1 aliphatic heterocycles. The molecule has 0 aromatic heterocycles. The molecular formula is C14H20N2O2. The van der Waals surface area contributed by atoms with Gasteiger partial charge in [0.25, 0.3) is 0 Å². The zero-order valence-corrected chi connectivity index (χ0v) is 11.0. The number of nitrogens with zero attached hydrogens (tertiary/aromatic N) is 1. The first-order valence-corrected chi connectivity index (χ1v) is 6.50. The number of ether oxygens (including phenoxy) is 1. The molecular weight excluding hydrogens is 228 g/mol. The minimum atomic E-state index is -0.00365. The van der Waals surface area contributed by atoms with E-state index >= 15 is 0 Å². The molecule has 1 aliphatic rings. The van der Waals surface area contributed by atoms with Crippen molar-refractivity contribution in [1.29, 1.82) is 0 Å². The van der Waals surface area contributed by atoms with E-state index in [2.05, 4.69) is 5.32 Å². The molecule has 4 heteroatoms. The van der Waals surface area contributed by atoms with E-state index < -0.39 is 0 Å². The van der Waals surface area contributed by atoms with Crippen molar-refractivity contribution < 1.29 is 9.53 Å². The van der Waals surface area contributed by atoms with Gasteiger partial charge in [0.05, 0.1) is 6.61 Å². The maximum absolute atomic E-state index is 11.9. The Balaban J connectivity index is 2.00. The summed E-state index contributed by atoms with van der Waals surface area (Å²) in [4.78, 5) is 13.8. The van der Waals surface area contributed by atoms with Crippen molar-refractivity contribution >= 4 is 11.7 Å². The molecule has 1 aromatic rings. The number of benzene rings is 1. The zero-order valence-electron chi connectivity index (χ0n) is 11.0. The summed E-state index contributed by atoms with van der Waals surface area (Å²) in [6.07, 6.45) is 2.21. The van der Waals surface area contributed by atoms with E-state index in [0.717, 1.165) is 42.9 Å². The Kier molecular flexibility index (Phi) is 4.07. The molecule has 2 amide bonds. The molecule has 1 heterocycles. The maximum atomic E-state index is 11.9. The minimum absolute atomic E-state index is 0.00365. The predicted molar refractivity (Wildman–Crippen MR) is 72.2 cm³/mol. The number of hydrogen-bond acceptors (Lipinski definition) is 2.